The van der Waals surface area contributed by atoms with E-state index < -0.39 is 0 Å². The second kappa shape index (κ2) is 7.46. The molecule has 1 aromatic carbocycles. The number of halogens is 1. The van der Waals surface area contributed by atoms with Crippen molar-refractivity contribution in [1.82, 2.24) is 10.2 Å². The standard InChI is InChI=1S/C16H19ClN2O2/c1-19(14-6-7-14)9-8-18-16(21)13-5-4-12(3-2-10-20)15(17)11-13/h4-5,11,14,20H,6-10H2,1H3,(H,18,21). The number of rotatable bonds is 5. The van der Waals surface area contributed by atoms with Gasteiger partial charge in [0.15, 0.2) is 0 Å². The van der Waals surface area contributed by atoms with Gasteiger partial charge in [-0.1, -0.05) is 23.4 Å². The number of carbonyl (C=O) groups excluding carboxylic acids is 1. The van der Waals surface area contributed by atoms with Gasteiger partial charge in [0.25, 0.3) is 5.91 Å². The van der Waals surface area contributed by atoms with Crippen molar-refractivity contribution < 1.29 is 9.90 Å². The fourth-order valence-corrected chi connectivity index (χ4v) is 2.27. The van der Waals surface area contributed by atoms with Crippen LogP contribution in [-0.4, -0.2) is 48.7 Å². The highest BCUT2D eigenvalue weighted by Gasteiger charge is 2.25. The molecule has 0 radical (unpaired) electrons. The van der Waals surface area contributed by atoms with Gasteiger partial charge in [-0.25, -0.2) is 0 Å². The minimum absolute atomic E-state index is 0.136. The summed E-state index contributed by atoms with van der Waals surface area (Å²) in [6.45, 7) is 1.26. The lowest BCUT2D eigenvalue weighted by Gasteiger charge is -2.15. The molecule has 1 saturated carbocycles. The Morgan fingerprint density at radius 3 is 2.90 bits per heavy atom. The summed E-state index contributed by atoms with van der Waals surface area (Å²) >= 11 is 6.07. The molecule has 2 N–H and O–H groups in total. The number of hydrogen-bond acceptors (Lipinski definition) is 3. The average Bonchev–Trinajstić information content (AvgIpc) is 3.30. The molecular weight excluding hydrogens is 288 g/mol. The number of aliphatic hydroxyl groups excluding tert-OH is 1. The van der Waals surface area contributed by atoms with Gasteiger partial charge >= 0.3 is 0 Å². The van der Waals surface area contributed by atoms with Crippen molar-refractivity contribution in [2.75, 3.05) is 26.7 Å². The van der Waals surface area contributed by atoms with Crippen molar-refractivity contribution >= 4 is 17.5 Å². The predicted octanol–water partition coefficient (Wildman–Crippen LogP) is 1.51. The minimum Gasteiger partial charge on any atom is -0.384 e. The highest BCUT2D eigenvalue weighted by atomic mass is 35.5. The molecule has 0 aromatic heterocycles. The zero-order valence-electron chi connectivity index (χ0n) is 12.0. The Balaban J connectivity index is 1.88. The minimum atomic E-state index is -0.215. The topological polar surface area (TPSA) is 52.6 Å². The van der Waals surface area contributed by atoms with Gasteiger partial charge < -0.3 is 15.3 Å². The van der Waals surface area contributed by atoms with Gasteiger partial charge in [0.1, 0.15) is 6.61 Å². The molecule has 1 amide bonds. The maximum atomic E-state index is 12.0. The molecule has 0 spiro atoms. The number of carbonyl (C=O) groups is 1. The molecule has 1 aliphatic rings. The van der Waals surface area contributed by atoms with Crippen LogP contribution in [0.15, 0.2) is 18.2 Å². The maximum absolute atomic E-state index is 12.0. The van der Waals surface area contributed by atoms with Crippen molar-refractivity contribution in [2.24, 2.45) is 0 Å². The van der Waals surface area contributed by atoms with Crippen molar-refractivity contribution in [3.8, 4) is 11.8 Å². The second-order valence-corrected chi connectivity index (χ2v) is 5.53. The van der Waals surface area contributed by atoms with Crippen LogP contribution < -0.4 is 5.32 Å². The van der Waals surface area contributed by atoms with Gasteiger partial charge in [-0.05, 0) is 38.1 Å². The van der Waals surface area contributed by atoms with E-state index >= 15 is 0 Å². The molecule has 1 aromatic rings. The van der Waals surface area contributed by atoms with Gasteiger partial charge in [0.05, 0.1) is 5.02 Å². The van der Waals surface area contributed by atoms with Crippen LogP contribution in [-0.2, 0) is 0 Å². The Labute approximate surface area is 130 Å². The maximum Gasteiger partial charge on any atom is 0.251 e. The zero-order chi connectivity index (χ0) is 15.2. The Morgan fingerprint density at radius 2 is 2.29 bits per heavy atom. The van der Waals surface area contributed by atoms with E-state index in [2.05, 4.69) is 29.1 Å². The number of hydrogen-bond donors (Lipinski definition) is 2. The molecule has 0 heterocycles. The van der Waals surface area contributed by atoms with Crippen LogP contribution in [0.1, 0.15) is 28.8 Å². The van der Waals surface area contributed by atoms with Crippen molar-refractivity contribution in [3.63, 3.8) is 0 Å². The lowest BCUT2D eigenvalue weighted by molar-refractivity contribution is 0.0949. The lowest BCUT2D eigenvalue weighted by atomic mass is 10.1. The van der Waals surface area contributed by atoms with E-state index in [0.717, 1.165) is 6.54 Å². The van der Waals surface area contributed by atoms with Gasteiger partial charge in [0, 0.05) is 30.3 Å². The van der Waals surface area contributed by atoms with Crippen LogP contribution in [0.5, 0.6) is 0 Å². The molecule has 1 aliphatic carbocycles. The summed E-state index contributed by atoms with van der Waals surface area (Å²) in [6.07, 6.45) is 2.52. The third-order valence-corrected chi connectivity index (χ3v) is 3.77. The SMILES string of the molecule is CN(CCNC(=O)c1ccc(C#CCO)c(Cl)c1)C1CC1. The van der Waals surface area contributed by atoms with Crippen LogP contribution in [0.2, 0.25) is 5.02 Å². The van der Waals surface area contributed by atoms with Gasteiger partial charge in [-0.2, -0.15) is 0 Å². The van der Waals surface area contributed by atoms with E-state index in [1.807, 2.05) is 0 Å². The zero-order valence-corrected chi connectivity index (χ0v) is 12.8. The fourth-order valence-electron chi connectivity index (χ4n) is 2.04. The van der Waals surface area contributed by atoms with Crippen LogP contribution >= 0.6 is 11.6 Å². The molecule has 0 atom stereocenters. The summed E-state index contributed by atoms with van der Waals surface area (Å²) in [5.41, 5.74) is 1.12. The van der Waals surface area contributed by atoms with E-state index in [-0.39, 0.29) is 12.5 Å². The summed E-state index contributed by atoms with van der Waals surface area (Å²) in [4.78, 5) is 14.3. The normalized spacial score (nSPS) is 13.7. The third kappa shape index (κ3) is 4.75. The smallest absolute Gasteiger partial charge is 0.251 e. The second-order valence-electron chi connectivity index (χ2n) is 5.12. The van der Waals surface area contributed by atoms with E-state index in [9.17, 15) is 4.79 Å². The Hall–Kier alpha value is -1.54. The van der Waals surface area contributed by atoms with Crippen molar-refractivity contribution in [3.05, 3.63) is 34.3 Å². The summed E-state index contributed by atoms with van der Waals surface area (Å²) < 4.78 is 0. The van der Waals surface area contributed by atoms with E-state index in [1.165, 1.54) is 12.8 Å². The molecule has 0 bridgehead atoms. The summed E-state index contributed by atoms with van der Waals surface area (Å²) in [6, 6.07) is 5.67. The molecular formula is C16H19ClN2O2. The number of nitrogens with one attached hydrogen (secondary N) is 1. The fraction of sp³-hybridized carbons (Fsp3) is 0.438. The van der Waals surface area contributed by atoms with E-state index in [4.69, 9.17) is 16.7 Å². The summed E-state index contributed by atoms with van der Waals surface area (Å²) in [5, 5.41) is 12.0. The Morgan fingerprint density at radius 1 is 1.52 bits per heavy atom. The summed E-state index contributed by atoms with van der Waals surface area (Å²) in [7, 11) is 2.08. The molecule has 0 saturated heterocycles. The highest BCUT2D eigenvalue weighted by molar-refractivity contribution is 6.32. The first kappa shape index (κ1) is 15.8. The van der Waals surface area contributed by atoms with Crippen LogP contribution in [0.3, 0.4) is 0 Å². The van der Waals surface area contributed by atoms with Gasteiger partial charge in [-0.3, -0.25) is 4.79 Å². The first-order chi connectivity index (χ1) is 10.1. The third-order valence-electron chi connectivity index (χ3n) is 3.45. The number of benzene rings is 1. The molecule has 2 rings (SSSR count). The molecule has 1 fully saturated rings. The quantitative estimate of drug-likeness (QED) is 0.811. The molecule has 112 valence electrons. The van der Waals surface area contributed by atoms with Gasteiger partial charge in [-0.15, -0.1) is 0 Å². The molecule has 0 unspecified atom stereocenters. The largest absolute Gasteiger partial charge is 0.384 e. The Kier molecular flexibility index (Phi) is 5.63. The number of likely N-dealkylation sites (N-methyl/N-ethyl adjacent to an activating group) is 1. The van der Waals surface area contributed by atoms with Crippen LogP contribution in [0, 0.1) is 11.8 Å². The molecule has 4 nitrogen and oxygen atoms in total. The molecule has 0 aliphatic heterocycles. The monoisotopic (exact) mass is 306 g/mol. The Bertz CT molecular complexity index is 573. The van der Waals surface area contributed by atoms with Crippen LogP contribution in [0.4, 0.5) is 0 Å². The van der Waals surface area contributed by atoms with Crippen LogP contribution in [0.25, 0.3) is 0 Å². The van der Waals surface area contributed by atoms with E-state index in [0.29, 0.717) is 28.7 Å². The molecule has 21 heavy (non-hydrogen) atoms. The number of nitrogens with zero attached hydrogens (tertiary/aromatic N) is 1. The van der Waals surface area contributed by atoms with Crippen molar-refractivity contribution in [2.45, 2.75) is 18.9 Å². The highest BCUT2D eigenvalue weighted by Crippen LogP contribution is 2.24. The number of amides is 1. The van der Waals surface area contributed by atoms with Crippen molar-refractivity contribution in [1.29, 1.82) is 0 Å². The predicted molar refractivity (Wildman–Crippen MR) is 83.4 cm³/mol. The first-order valence-corrected chi connectivity index (χ1v) is 7.37. The number of aliphatic hydroxyl groups is 1. The van der Waals surface area contributed by atoms with E-state index in [1.54, 1.807) is 18.2 Å². The summed E-state index contributed by atoms with van der Waals surface area (Å²) in [5.74, 6) is 5.13. The average molecular weight is 307 g/mol. The first-order valence-electron chi connectivity index (χ1n) is 6.99. The molecule has 5 heteroatoms. The van der Waals surface area contributed by atoms with Gasteiger partial charge in [0.2, 0.25) is 0 Å². The lowest BCUT2D eigenvalue weighted by Crippen LogP contribution is -2.33.